The van der Waals surface area contributed by atoms with Crippen LogP contribution in [0, 0.1) is 0 Å². The molecule has 6 heavy (non-hydrogen) atoms. The van der Waals surface area contributed by atoms with Crippen molar-refractivity contribution in [3.05, 3.63) is 0 Å². The Morgan fingerprint density at radius 3 is 0.833 bits per heavy atom. The molecule has 0 aliphatic rings. The molecular weight excluding hydrogens is 121 g/mol. The summed E-state index contributed by atoms with van der Waals surface area (Å²) in [6, 6.07) is 0. The fourth-order valence-electron chi connectivity index (χ4n) is 0. The van der Waals surface area contributed by atoms with E-state index in [9.17, 15) is 0 Å². The number of hydrogen-bond acceptors (Lipinski definition) is 1. The van der Waals surface area contributed by atoms with Gasteiger partial charge in [0.25, 0.3) is 0 Å². The molecule has 36 valence electrons. The zero-order valence-corrected chi connectivity index (χ0v) is 2.71. The van der Waals surface area contributed by atoms with Gasteiger partial charge < -0.3 is 11.0 Å². The molecule has 0 atom stereocenters. The Kier molecular flexibility index (Phi) is 826. The molecule has 6 heteroatoms. The third-order valence-corrected chi connectivity index (χ3v) is 0. The van der Waals surface area contributed by atoms with E-state index in [1.807, 2.05) is 0 Å². The summed E-state index contributed by atoms with van der Waals surface area (Å²) in [5.41, 5.74) is 0. The van der Waals surface area contributed by atoms with Crippen molar-refractivity contribution in [2.24, 2.45) is 0 Å². The molecular formula is H6Li2NiO3. The van der Waals surface area contributed by atoms with Crippen LogP contribution in [0.25, 0.3) is 0 Å². The first-order valence-electron chi connectivity index (χ1n) is 0.129. The average Bonchev–Trinajstić information content (AvgIpc) is 1.00. The van der Waals surface area contributed by atoms with Crippen LogP contribution in [0.3, 0.4) is 0 Å². The fourth-order valence-corrected chi connectivity index (χ4v) is 0. The Bertz CT molecular complexity index is 8.75. The average molecular weight is 127 g/mol. The zero-order chi connectivity index (χ0) is 2.00. The van der Waals surface area contributed by atoms with E-state index < -0.39 is 0 Å². The van der Waals surface area contributed by atoms with Gasteiger partial charge in [-0.1, -0.05) is 0 Å². The first-order valence-corrected chi connectivity index (χ1v) is 0.532. The molecule has 0 aliphatic heterocycles. The van der Waals surface area contributed by atoms with Crippen molar-refractivity contribution in [2.75, 3.05) is 0 Å². The minimum atomic E-state index is 0. The van der Waals surface area contributed by atoms with Gasteiger partial charge in [-0.2, -0.15) is 0 Å². The fraction of sp³-hybridized carbons (Fsp3) is 0. The summed E-state index contributed by atoms with van der Waals surface area (Å²) in [6.07, 6.45) is 0. The van der Waals surface area contributed by atoms with E-state index in [-0.39, 0.29) is 48.7 Å². The molecule has 3 nitrogen and oxygen atoms in total. The van der Waals surface area contributed by atoms with Gasteiger partial charge in [0.15, 0.2) is 0 Å². The van der Waals surface area contributed by atoms with Gasteiger partial charge in [0.1, 0.15) is 0 Å². The summed E-state index contributed by atoms with van der Waals surface area (Å²) in [5, 5.41) is 0. The van der Waals surface area contributed by atoms with Gasteiger partial charge in [-0.05, 0) is 0 Å². The second-order valence-electron chi connectivity index (χ2n) is 0. The van der Waals surface area contributed by atoms with Crippen LogP contribution in [-0.4, -0.2) is 48.7 Å². The molecule has 0 bridgehead atoms. The predicted molar refractivity (Wildman–Crippen MR) is 22.2 cm³/mol. The van der Waals surface area contributed by atoms with E-state index in [0.717, 1.165) is 0 Å². The topological polar surface area (TPSA) is 80.1 Å². The van der Waals surface area contributed by atoms with Gasteiger partial charge in [-0.25, -0.2) is 0 Å². The van der Waals surface area contributed by atoms with E-state index in [1.165, 1.54) is 0 Å². The van der Waals surface area contributed by atoms with Gasteiger partial charge in [0, 0.05) is 0 Å². The molecule has 0 unspecified atom stereocenters. The second-order valence-corrected chi connectivity index (χ2v) is 0. The standard InChI is InChI=1S/2Li.Ni.2H2O.O.2H/h;;;2*1H2;;;. The van der Waals surface area contributed by atoms with Crippen molar-refractivity contribution in [1.29, 1.82) is 0 Å². The molecule has 0 amide bonds. The van der Waals surface area contributed by atoms with E-state index in [0.29, 0.717) is 0 Å². The van der Waals surface area contributed by atoms with Crippen LogP contribution in [0.5, 0.6) is 0 Å². The molecule has 0 heterocycles. The second kappa shape index (κ2) is 94.5. The Morgan fingerprint density at radius 1 is 0.833 bits per heavy atom. The molecule has 0 aliphatic carbocycles. The Morgan fingerprint density at radius 2 is 0.833 bits per heavy atom. The van der Waals surface area contributed by atoms with Crippen LogP contribution in [0.1, 0.15) is 0 Å². The van der Waals surface area contributed by atoms with Gasteiger partial charge in [-0.15, -0.1) is 0 Å². The summed E-state index contributed by atoms with van der Waals surface area (Å²) in [6.45, 7) is 0. The Hall–Kier alpha value is 1.41. The molecule has 0 aromatic rings. The monoisotopic (exact) mass is 126 g/mol. The molecule has 0 saturated heterocycles. The normalized spacial score (nSPS) is 1.00. The first kappa shape index (κ1) is 52.5. The van der Waals surface area contributed by atoms with Crippen LogP contribution in [0.4, 0.5) is 0 Å². The maximum absolute atomic E-state index is 7.88. The number of rotatable bonds is 0. The quantitative estimate of drug-likeness (QED) is 0.317. The molecule has 0 aromatic heterocycles. The van der Waals surface area contributed by atoms with Gasteiger partial charge in [-0.3, -0.25) is 0 Å². The van der Waals surface area contributed by atoms with Crippen LogP contribution in [0.2, 0.25) is 0 Å². The van der Waals surface area contributed by atoms with Crippen LogP contribution >= 0.6 is 0 Å². The van der Waals surface area contributed by atoms with Crippen molar-refractivity contribution < 1.29 is 30.2 Å². The minimum absolute atomic E-state index is 0. The summed E-state index contributed by atoms with van der Waals surface area (Å²) >= 11 is 2.62. The van der Waals surface area contributed by atoms with Crippen LogP contribution in [0.15, 0.2) is 0 Å². The Balaban J connectivity index is -0.000000000833. The molecule has 0 spiro atoms. The van der Waals surface area contributed by atoms with Crippen molar-refractivity contribution in [1.82, 2.24) is 0 Å². The van der Waals surface area contributed by atoms with Crippen LogP contribution < -0.4 is 0 Å². The van der Waals surface area contributed by atoms with Gasteiger partial charge in [0.05, 0.1) is 0 Å². The summed E-state index contributed by atoms with van der Waals surface area (Å²) in [4.78, 5) is 0. The first-order chi connectivity index (χ1) is 1.00. The van der Waals surface area contributed by atoms with E-state index in [2.05, 4.69) is 15.4 Å². The van der Waals surface area contributed by atoms with Crippen molar-refractivity contribution in [2.45, 2.75) is 0 Å². The predicted octanol–water partition coefficient (Wildman–Crippen LogP) is -3.07. The molecule has 0 aromatic carbocycles. The molecule has 0 radical (unpaired) electrons. The maximum atomic E-state index is 7.88. The third kappa shape index (κ3) is 53.0. The van der Waals surface area contributed by atoms with Crippen molar-refractivity contribution >= 4 is 37.7 Å². The summed E-state index contributed by atoms with van der Waals surface area (Å²) in [7, 11) is 0. The molecule has 0 saturated carbocycles. The van der Waals surface area contributed by atoms with Gasteiger partial charge in [0.2, 0.25) is 0 Å². The summed E-state index contributed by atoms with van der Waals surface area (Å²) < 4.78 is 7.88. The van der Waals surface area contributed by atoms with Gasteiger partial charge >= 0.3 is 57.0 Å². The van der Waals surface area contributed by atoms with E-state index in [4.69, 9.17) is 3.90 Å². The third-order valence-electron chi connectivity index (χ3n) is 0. The van der Waals surface area contributed by atoms with E-state index in [1.54, 1.807) is 0 Å². The SMILES string of the molecule is O.O.[LiH].[LiH].[O]=[Ni]. The zero-order valence-electron chi connectivity index (χ0n) is 1.72. The Labute approximate surface area is 67.8 Å². The summed E-state index contributed by atoms with van der Waals surface area (Å²) in [5.74, 6) is 0. The molecule has 0 fully saturated rings. The van der Waals surface area contributed by atoms with Crippen molar-refractivity contribution in [3.8, 4) is 0 Å². The molecule has 4 N–H and O–H groups in total. The van der Waals surface area contributed by atoms with Crippen LogP contribution in [-0.2, 0) is 19.3 Å². The number of hydrogen-bond donors (Lipinski definition) is 0. The molecule has 0 rings (SSSR count). The van der Waals surface area contributed by atoms with Crippen molar-refractivity contribution in [3.63, 3.8) is 0 Å². The van der Waals surface area contributed by atoms with E-state index >= 15 is 0 Å².